The number of ether oxygens (including phenoxy) is 3. The predicted octanol–water partition coefficient (Wildman–Crippen LogP) is 7.87. The van der Waals surface area contributed by atoms with E-state index in [2.05, 4.69) is 10.7 Å². The highest BCUT2D eigenvalue weighted by molar-refractivity contribution is 5.99. The summed E-state index contributed by atoms with van der Waals surface area (Å²) in [7, 11) is 0. The Morgan fingerprint density at radius 3 is 2.00 bits per heavy atom. The van der Waals surface area contributed by atoms with Crippen LogP contribution < -0.4 is 21.5 Å². The lowest BCUT2D eigenvalue weighted by atomic mass is 10.0. The van der Waals surface area contributed by atoms with Crippen molar-refractivity contribution in [2.75, 3.05) is 22.7 Å². The Labute approximate surface area is 258 Å². The van der Waals surface area contributed by atoms with E-state index in [0.29, 0.717) is 12.1 Å². The molecule has 4 N–H and O–H groups in total. The van der Waals surface area contributed by atoms with Crippen molar-refractivity contribution in [1.82, 2.24) is 5.43 Å². The van der Waals surface area contributed by atoms with Gasteiger partial charge in [-0.2, -0.15) is 5.01 Å². The van der Waals surface area contributed by atoms with Crippen molar-refractivity contribution in [2.45, 2.75) is 77.4 Å². The van der Waals surface area contributed by atoms with E-state index in [0.717, 1.165) is 60.2 Å². The number of rotatable bonds is 5. The SMILES string of the molecule is Nc1cc2c(N(NC(=O)OCc3ccccc3)C(=O)OCc3ccccc3)cc1CCCCCCCCCCCOC(=O)N2. The number of carbonyl (C=O) groups is 3. The number of carbonyl (C=O) groups excluding carboxylic acids is 3. The minimum Gasteiger partial charge on any atom is -0.449 e. The second-order valence-corrected chi connectivity index (χ2v) is 10.8. The molecule has 2 bridgehead atoms. The maximum Gasteiger partial charge on any atom is 0.434 e. The minimum absolute atomic E-state index is 0.00992. The molecular formula is C34H42N4O6. The van der Waals surface area contributed by atoms with Crippen LogP contribution in [-0.2, 0) is 33.8 Å². The number of benzene rings is 3. The van der Waals surface area contributed by atoms with Crippen molar-refractivity contribution >= 4 is 35.3 Å². The fraction of sp³-hybridized carbons (Fsp3) is 0.382. The number of hydrogen-bond acceptors (Lipinski definition) is 7. The first-order valence-electron chi connectivity index (χ1n) is 15.3. The molecule has 0 saturated carbocycles. The van der Waals surface area contributed by atoms with Gasteiger partial charge in [0.1, 0.15) is 13.2 Å². The van der Waals surface area contributed by atoms with E-state index in [9.17, 15) is 14.4 Å². The van der Waals surface area contributed by atoms with Gasteiger partial charge in [-0.15, -0.1) is 0 Å². The molecule has 5 rings (SSSR count). The van der Waals surface area contributed by atoms with Crippen LogP contribution in [-0.4, -0.2) is 24.9 Å². The second-order valence-electron chi connectivity index (χ2n) is 10.8. The van der Waals surface area contributed by atoms with E-state index >= 15 is 0 Å². The van der Waals surface area contributed by atoms with E-state index in [-0.39, 0.29) is 31.2 Å². The fourth-order valence-corrected chi connectivity index (χ4v) is 4.95. The number of anilines is 3. The van der Waals surface area contributed by atoms with E-state index < -0.39 is 18.3 Å². The monoisotopic (exact) mass is 602 g/mol. The summed E-state index contributed by atoms with van der Waals surface area (Å²) in [6, 6.07) is 21.6. The van der Waals surface area contributed by atoms with Crippen molar-refractivity contribution in [1.29, 1.82) is 0 Å². The minimum atomic E-state index is -0.883. The molecule has 0 spiro atoms. The molecule has 2 aliphatic heterocycles. The number of hydrogen-bond donors (Lipinski definition) is 3. The van der Waals surface area contributed by atoms with Gasteiger partial charge in [0.05, 0.1) is 18.0 Å². The zero-order valence-corrected chi connectivity index (χ0v) is 25.1. The number of hydrazine groups is 1. The van der Waals surface area contributed by atoms with Gasteiger partial charge in [-0.25, -0.2) is 19.8 Å². The first-order chi connectivity index (χ1) is 21.5. The molecule has 44 heavy (non-hydrogen) atoms. The van der Waals surface area contributed by atoms with Crippen molar-refractivity contribution in [3.05, 3.63) is 89.5 Å². The normalized spacial score (nSPS) is 14.7. The molecule has 0 atom stereocenters. The summed E-state index contributed by atoms with van der Waals surface area (Å²) < 4.78 is 16.4. The topological polar surface area (TPSA) is 132 Å². The standard InChI is InChI=1S/C34H42N4O6/c35-29-23-30-31(22-28(29)20-14-6-4-2-1-3-5-7-15-21-42-32(39)36-30)38(34(41)44-25-27-18-12-9-13-19-27)37-33(40)43-24-26-16-10-8-11-17-26/h8-13,16-19,22-23H,1-7,14-15,20-21,24-25,35H2,(H,36,39)(H,37,40). The molecule has 3 aromatic rings. The Kier molecular flexibility index (Phi) is 12.7. The Morgan fingerprint density at radius 1 is 0.795 bits per heavy atom. The summed E-state index contributed by atoms with van der Waals surface area (Å²) in [5, 5.41) is 3.64. The van der Waals surface area contributed by atoms with E-state index in [1.54, 1.807) is 12.1 Å². The van der Waals surface area contributed by atoms with E-state index in [4.69, 9.17) is 19.9 Å². The van der Waals surface area contributed by atoms with Crippen LogP contribution in [0.2, 0.25) is 0 Å². The molecule has 0 unspecified atom stereocenters. The Balaban J connectivity index is 1.61. The lowest BCUT2D eigenvalue weighted by Gasteiger charge is -2.26. The number of amides is 3. The smallest absolute Gasteiger partial charge is 0.434 e. The Hall–Kier alpha value is -4.73. The van der Waals surface area contributed by atoms with Crippen LogP contribution in [0, 0.1) is 0 Å². The van der Waals surface area contributed by atoms with Gasteiger partial charge in [0.25, 0.3) is 0 Å². The second kappa shape index (κ2) is 17.4. The Morgan fingerprint density at radius 2 is 1.36 bits per heavy atom. The molecule has 234 valence electrons. The molecule has 0 radical (unpaired) electrons. The number of nitrogens with zero attached hydrogens (tertiary/aromatic N) is 1. The van der Waals surface area contributed by atoms with Gasteiger partial charge in [-0.05, 0) is 48.1 Å². The lowest BCUT2D eigenvalue weighted by molar-refractivity contribution is 0.126. The molecule has 10 nitrogen and oxygen atoms in total. The average Bonchev–Trinajstić information content (AvgIpc) is 3.03. The van der Waals surface area contributed by atoms with Gasteiger partial charge in [-0.1, -0.05) is 106 Å². The van der Waals surface area contributed by atoms with Gasteiger partial charge in [0, 0.05) is 5.69 Å². The highest BCUT2D eigenvalue weighted by Crippen LogP contribution is 2.33. The molecule has 3 amide bonds. The molecule has 3 aromatic carbocycles. The summed E-state index contributed by atoms with van der Waals surface area (Å²) in [5.41, 5.74) is 12.1. The van der Waals surface area contributed by atoms with Crippen molar-refractivity contribution in [3.8, 4) is 0 Å². The van der Waals surface area contributed by atoms with Crippen molar-refractivity contribution in [2.24, 2.45) is 0 Å². The average molecular weight is 603 g/mol. The van der Waals surface area contributed by atoms with Crippen LogP contribution in [0.4, 0.5) is 31.4 Å². The summed E-state index contributed by atoms with van der Waals surface area (Å²) >= 11 is 0. The predicted molar refractivity (Wildman–Crippen MR) is 170 cm³/mol. The zero-order valence-electron chi connectivity index (χ0n) is 25.1. The first-order valence-corrected chi connectivity index (χ1v) is 15.3. The quantitative estimate of drug-likeness (QED) is 0.154. The molecular weight excluding hydrogens is 560 g/mol. The fourth-order valence-electron chi connectivity index (χ4n) is 4.95. The number of nitrogens with one attached hydrogen (secondary N) is 2. The third kappa shape index (κ3) is 10.5. The van der Waals surface area contributed by atoms with Gasteiger partial charge in [-0.3, -0.25) is 5.32 Å². The van der Waals surface area contributed by atoms with Gasteiger partial charge in [0.15, 0.2) is 0 Å². The van der Waals surface area contributed by atoms with Crippen LogP contribution in [0.5, 0.6) is 0 Å². The maximum atomic E-state index is 13.6. The summed E-state index contributed by atoms with van der Waals surface area (Å²) in [6.45, 7) is 0.217. The first kappa shape index (κ1) is 32.2. The summed E-state index contributed by atoms with van der Waals surface area (Å²) in [6.07, 6.45) is 7.70. The van der Waals surface area contributed by atoms with E-state index in [1.807, 2.05) is 60.7 Å². The molecule has 0 aliphatic carbocycles. The lowest BCUT2D eigenvalue weighted by Crippen LogP contribution is -2.47. The van der Waals surface area contributed by atoms with Crippen LogP contribution in [0.15, 0.2) is 72.8 Å². The van der Waals surface area contributed by atoms with Crippen LogP contribution in [0.1, 0.15) is 74.5 Å². The van der Waals surface area contributed by atoms with Crippen LogP contribution in [0.25, 0.3) is 0 Å². The molecule has 10 heteroatoms. The largest absolute Gasteiger partial charge is 0.449 e. The van der Waals surface area contributed by atoms with Gasteiger partial charge in [0.2, 0.25) is 0 Å². The number of nitrogen functional groups attached to an aromatic ring is 1. The maximum absolute atomic E-state index is 13.6. The van der Waals surface area contributed by atoms with E-state index in [1.165, 1.54) is 19.3 Å². The van der Waals surface area contributed by atoms with Gasteiger partial charge < -0.3 is 19.9 Å². The van der Waals surface area contributed by atoms with Crippen LogP contribution in [0.3, 0.4) is 0 Å². The number of nitrogens with two attached hydrogens (primary N) is 1. The highest BCUT2D eigenvalue weighted by atomic mass is 16.6. The molecule has 0 aromatic heterocycles. The summed E-state index contributed by atoms with van der Waals surface area (Å²) in [4.78, 5) is 39.4. The Bertz CT molecular complexity index is 1350. The molecule has 2 aliphatic rings. The third-order valence-electron chi connectivity index (χ3n) is 7.36. The van der Waals surface area contributed by atoms with Crippen molar-refractivity contribution < 1.29 is 28.6 Å². The van der Waals surface area contributed by atoms with Crippen molar-refractivity contribution in [3.63, 3.8) is 0 Å². The third-order valence-corrected chi connectivity index (χ3v) is 7.36. The molecule has 0 fully saturated rings. The summed E-state index contributed by atoms with van der Waals surface area (Å²) in [5.74, 6) is 0. The number of aryl methyl sites for hydroxylation is 1. The van der Waals surface area contributed by atoms with Crippen LogP contribution >= 0.6 is 0 Å². The number of fused-ring (bicyclic) bond motifs is 15. The highest BCUT2D eigenvalue weighted by Gasteiger charge is 2.26. The molecule has 2 heterocycles. The van der Waals surface area contributed by atoms with Gasteiger partial charge >= 0.3 is 18.3 Å². The zero-order chi connectivity index (χ0) is 31.0. The molecule has 0 saturated heterocycles.